The molecule has 0 radical (unpaired) electrons. The summed E-state index contributed by atoms with van der Waals surface area (Å²) in [6, 6.07) is 6.39. The highest BCUT2D eigenvalue weighted by molar-refractivity contribution is 7.99. The minimum absolute atomic E-state index is 0.760. The summed E-state index contributed by atoms with van der Waals surface area (Å²) in [7, 11) is 0. The van der Waals surface area contributed by atoms with Crippen LogP contribution in [0, 0.1) is 0 Å². The largest absolute Gasteiger partial charge is 0.481 e. The summed E-state index contributed by atoms with van der Waals surface area (Å²) in [4.78, 5) is 1.27. The van der Waals surface area contributed by atoms with Crippen LogP contribution in [0.3, 0.4) is 0 Å². The van der Waals surface area contributed by atoms with E-state index < -0.39 is 0 Å². The molecular weight excluding hydrogens is 182 g/mol. The van der Waals surface area contributed by atoms with E-state index >= 15 is 0 Å². The number of hydrogen-bond acceptors (Lipinski definition) is 3. The zero-order chi connectivity index (χ0) is 9.10. The first-order valence-electron chi connectivity index (χ1n) is 4.49. The van der Waals surface area contributed by atoms with Crippen LogP contribution in [0.2, 0.25) is 0 Å². The molecule has 1 aliphatic rings. The van der Waals surface area contributed by atoms with Gasteiger partial charge in [0, 0.05) is 0 Å². The number of aryl methyl sites for hydroxylation is 1. The number of benzene rings is 1. The molecule has 0 unspecified atom stereocenters. The summed E-state index contributed by atoms with van der Waals surface area (Å²) in [6.45, 7) is 0.765. The van der Waals surface area contributed by atoms with E-state index in [2.05, 4.69) is 18.2 Å². The Hall–Kier alpha value is -0.670. The molecule has 13 heavy (non-hydrogen) atoms. The molecule has 0 spiro atoms. The fourth-order valence-corrected chi connectivity index (χ4v) is 2.22. The van der Waals surface area contributed by atoms with Crippen molar-refractivity contribution in [1.82, 2.24) is 0 Å². The van der Waals surface area contributed by atoms with E-state index in [9.17, 15) is 0 Å². The second-order valence-corrected chi connectivity index (χ2v) is 4.04. The van der Waals surface area contributed by atoms with Crippen LogP contribution in [-0.4, -0.2) is 12.5 Å². The molecule has 1 aromatic rings. The third-order valence-electron chi connectivity index (χ3n) is 2.11. The summed E-state index contributed by atoms with van der Waals surface area (Å²) in [5.41, 5.74) is 6.82. The first kappa shape index (κ1) is 8.91. The van der Waals surface area contributed by atoms with Crippen LogP contribution in [0.15, 0.2) is 23.1 Å². The van der Waals surface area contributed by atoms with Crippen LogP contribution < -0.4 is 10.5 Å². The van der Waals surface area contributed by atoms with E-state index in [1.807, 2.05) is 0 Å². The first-order chi connectivity index (χ1) is 6.40. The average molecular weight is 195 g/mol. The van der Waals surface area contributed by atoms with Gasteiger partial charge in [-0.25, -0.2) is 0 Å². The van der Waals surface area contributed by atoms with E-state index in [-0.39, 0.29) is 0 Å². The highest BCUT2D eigenvalue weighted by Crippen LogP contribution is 2.36. The Labute approximate surface area is 82.5 Å². The molecule has 1 aromatic carbocycles. The second-order valence-electron chi connectivity index (χ2n) is 3.08. The number of thioether (sulfide) groups is 1. The molecular formula is C10H13NOS. The second kappa shape index (κ2) is 4.03. The Morgan fingerprint density at radius 2 is 2.38 bits per heavy atom. The number of nitrogens with two attached hydrogens (primary N) is 1. The minimum Gasteiger partial charge on any atom is -0.481 e. The molecule has 2 nitrogen and oxygen atoms in total. The van der Waals surface area contributed by atoms with Gasteiger partial charge in [0.1, 0.15) is 11.7 Å². The number of fused-ring (bicyclic) bond motifs is 1. The van der Waals surface area contributed by atoms with Gasteiger partial charge < -0.3 is 10.5 Å². The molecule has 3 heteroatoms. The number of hydrogen-bond donors (Lipinski definition) is 1. The lowest BCUT2D eigenvalue weighted by Crippen LogP contribution is -2.00. The fourth-order valence-electron chi connectivity index (χ4n) is 1.40. The SMILES string of the molecule is NCCCc1ccc2c(c1)SCO2. The molecule has 0 aliphatic carbocycles. The topological polar surface area (TPSA) is 35.2 Å². The van der Waals surface area contributed by atoms with Gasteiger partial charge in [0.15, 0.2) is 0 Å². The Morgan fingerprint density at radius 3 is 3.23 bits per heavy atom. The summed E-state index contributed by atoms with van der Waals surface area (Å²) in [5, 5.41) is 0. The Balaban J connectivity index is 2.12. The average Bonchev–Trinajstić information content (AvgIpc) is 2.61. The molecule has 0 amide bonds. The third-order valence-corrected chi connectivity index (χ3v) is 2.97. The molecule has 1 heterocycles. The number of ether oxygens (including phenoxy) is 1. The lowest BCUT2D eigenvalue weighted by molar-refractivity contribution is 0.397. The van der Waals surface area contributed by atoms with E-state index in [0.717, 1.165) is 31.1 Å². The molecule has 70 valence electrons. The van der Waals surface area contributed by atoms with Crippen LogP contribution in [0.4, 0.5) is 0 Å². The molecule has 1 aliphatic heterocycles. The summed E-state index contributed by atoms with van der Waals surface area (Å²) < 4.78 is 5.40. The molecule has 0 bridgehead atoms. The highest BCUT2D eigenvalue weighted by Gasteiger charge is 2.12. The quantitative estimate of drug-likeness (QED) is 0.801. The predicted octanol–water partition coefficient (Wildman–Crippen LogP) is 2.02. The number of rotatable bonds is 3. The maximum Gasteiger partial charge on any atom is 0.138 e. The highest BCUT2D eigenvalue weighted by atomic mass is 32.2. The molecule has 2 N–H and O–H groups in total. The summed E-state index contributed by atoms with van der Waals surface area (Å²) in [5.74, 6) is 1.79. The molecule has 0 aromatic heterocycles. The van der Waals surface area contributed by atoms with Crippen LogP contribution in [-0.2, 0) is 6.42 Å². The lowest BCUT2D eigenvalue weighted by Gasteiger charge is -2.01. The monoisotopic (exact) mass is 195 g/mol. The Morgan fingerprint density at radius 1 is 1.46 bits per heavy atom. The van der Waals surface area contributed by atoms with E-state index in [4.69, 9.17) is 10.5 Å². The van der Waals surface area contributed by atoms with Crippen molar-refractivity contribution in [3.05, 3.63) is 23.8 Å². The van der Waals surface area contributed by atoms with Crippen molar-refractivity contribution in [3.63, 3.8) is 0 Å². The lowest BCUT2D eigenvalue weighted by atomic mass is 10.1. The maximum atomic E-state index is 5.46. The summed E-state index contributed by atoms with van der Waals surface area (Å²) in [6.07, 6.45) is 2.13. The van der Waals surface area contributed by atoms with Crippen molar-refractivity contribution in [1.29, 1.82) is 0 Å². The van der Waals surface area contributed by atoms with Gasteiger partial charge in [-0.05, 0) is 37.1 Å². The third kappa shape index (κ3) is 1.98. The van der Waals surface area contributed by atoms with Crippen molar-refractivity contribution < 1.29 is 4.74 Å². The standard InChI is InChI=1S/C10H13NOS/c11-5-1-2-8-3-4-9-10(6-8)13-7-12-9/h3-4,6H,1-2,5,7,11H2. The first-order valence-corrected chi connectivity index (χ1v) is 5.47. The fraction of sp³-hybridized carbons (Fsp3) is 0.400. The van der Waals surface area contributed by atoms with E-state index in [1.54, 1.807) is 11.8 Å². The minimum atomic E-state index is 0.760. The van der Waals surface area contributed by atoms with Gasteiger partial charge in [-0.15, -0.1) is 0 Å². The smallest absolute Gasteiger partial charge is 0.138 e. The van der Waals surface area contributed by atoms with Crippen LogP contribution in [0.1, 0.15) is 12.0 Å². The van der Waals surface area contributed by atoms with E-state index in [0.29, 0.717) is 0 Å². The van der Waals surface area contributed by atoms with Crippen LogP contribution >= 0.6 is 11.8 Å². The van der Waals surface area contributed by atoms with Crippen LogP contribution in [0.5, 0.6) is 5.75 Å². The molecule has 0 saturated carbocycles. The van der Waals surface area contributed by atoms with Gasteiger partial charge in [0.2, 0.25) is 0 Å². The van der Waals surface area contributed by atoms with Crippen molar-refractivity contribution in [2.45, 2.75) is 17.7 Å². The Kier molecular flexibility index (Phi) is 2.76. The van der Waals surface area contributed by atoms with Gasteiger partial charge in [0.05, 0.1) is 4.90 Å². The Bertz CT molecular complexity index is 301. The normalized spacial score (nSPS) is 13.9. The maximum absolute atomic E-state index is 5.46. The van der Waals surface area contributed by atoms with E-state index in [1.165, 1.54) is 10.5 Å². The van der Waals surface area contributed by atoms with Gasteiger partial charge >= 0.3 is 0 Å². The van der Waals surface area contributed by atoms with Crippen molar-refractivity contribution in [3.8, 4) is 5.75 Å². The predicted molar refractivity (Wildman–Crippen MR) is 55.2 cm³/mol. The van der Waals surface area contributed by atoms with Gasteiger partial charge in [-0.2, -0.15) is 0 Å². The molecule has 0 atom stereocenters. The van der Waals surface area contributed by atoms with Gasteiger partial charge in [-0.1, -0.05) is 17.8 Å². The zero-order valence-corrected chi connectivity index (χ0v) is 8.27. The van der Waals surface area contributed by atoms with Crippen molar-refractivity contribution >= 4 is 11.8 Å². The van der Waals surface area contributed by atoms with Crippen molar-refractivity contribution in [2.24, 2.45) is 5.73 Å². The van der Waals surface area contributed by atoms with Gasteiger partial charge in [-0.3, -0.25) is 0 Å². The molecule has 0 fully saturated rings. The zero-order valence-electron chi connectivity index (χ0n) is 7.45. The molecule has 2 rings (SSSR count). The van der Waals surface area contributed by atoms with Gasteiger partial charge in [0.25, 0.3) is 0 Å². The van der Waals surface area contributed by atoms with Crippen LogP contribution in [0.25, 0.3) is 0 Å². The molecule has 0 saturated heterocycles. The summed E-state index contributed by atoms with van der Waals surface area (Å²) >= 11 is 1.76. The van der Waals surface area contributed by atoms with Crippen molar-refractivity contribution in [2.75, 3.05) is 12.5 Å².